The van der Waals surface area contributed by atoms with Crippen molar-refractivity contribution < 1.29 is 18.6 Å². The van der Waals surface area contributed by atoms with Crippen LogP contribution in [0, 0.1) is 23.2 Å². The zero-order chi connectivity index (χ0) is 22.2. The predicted molar refractivity (Wildman–Crippen MR) is 115 cm³/mol. The first-order valence-electron chi connectivity index (χ1n) is 11.0. The number of aliphatic hydroxyl groups excluding tert-OH is 1. The molecule has 0 amide bonds. The zero-order valence-corrected chi connectivity index (χ0v) is 18.2. The smallest absolute Gasteiger partial charge is 0.345 e. The number of fused-ring (bicyclic) bond motifs is 1. The number of guanidine groups is 1. The number of benzene rings is 1. The summed E-state index contributed by atoms with van der Waals surface area (Å²) in [7, 11) is 1.69. The first-order chi connectivity index (χ1) is 14.8. The Morgan fingerprint density at radius 3 is 2.65 bits per heavy atom. The second-order valence-corrected chi connectivity index (χ2v) is 9.35. The number of ether oxygens (including phenoxy) is 1. The van der Waals surface area contributed by atoms with Crippen LogP contribution in [0.3, 0.4) is 0 Å². The van der Waals surface area contributed by atoms with Gasteiger partial charge in [-0.2, -0.15) is 8.78 Å². The van der Waals surface area contributed by atoms with Crippen LogP contribution in [0.2, 0.25) is 0 Å². The topological polar surface area (TPSA) is 71.1 Å². The van der Waals surface area contributed by atoms with Crippen molar-refractivity contribution in [3.05, 3.63) is 34.9 Å². The van der Waals surface area contributed by atoms with E-state index in [1.54, 1.807) is 7.05 Å². The van der Waals surface area contributed by atoms with Gasteiger partial charge in [-0.15, -0.1) is 0 Å². The number of nitrogens with two attached hydrogens (primary N) is 1. The molecular formula is C24H31F2N3O2. The first kappa shape index (κ1) is 22.0. The summed E-state index contributed by atoms with van der Waals surface area (Å²) in [4.78, 5) is 6.45. The van der Waals surface area contributed by atoms with Crippen LogP contribution >= 0.6 is 0 Å². The summed E-state index contributed by atoms with van der Waals surface area (Å²) in [5.74, 6) is 7.39. The average Bonchev–Trinajstić information content (AvgIpc) is 3.54. The van der Waals surface area contributed by atoms with E-state index in [9.17, 15) is 13.9 Å². The molecular weight excluding hydrogens is 400 g/mol. The van der Waals surface area contributed by atoms with Crippen molar-refractivity contribution in [2.75, 3.05) is 13.8 Å². The van der Waals surface area contributed by atoms with Gasteiger partial charge in [-0.05, 0) is 75.1 Å². The van der Waals surface area contributed by atoms with E-state index < -0.39 is 18.3 Å². The molecule has 1 aromatic carbocycles. The van der Waals surface area contributed by atoms with E-state index in [4.69, 9.17) is 15.5 Å². The number of hydrogen-bond acceptors (Lipinski definition) is 3. The van der Waals surface area contributed by atoms with Gasteiger partial charge in [0.25, 0.3) is 0 Å². The lowest BCUT2D eigenvalue weighted by Gasteiger charge is -2.46. The van der Waals surface area contributed by atoms with Gasteiger partial charge in [0.15, 0.2) is 5.96 Å². The number of rotatable bonds is 4. The van der Waals surface area contributed by atoms with E-state index in [1.807, 2.05) is 0 Å². The maximum absolute atomic E-state index is 12.7. The van der Waals surface area contributed by atoms with Gasteiger partial charge in [0, 0.05) is 23.9 Å². The number of aliphatic hydroxyl groups is 1. The minimum atomic E-state index is -2.74. The van der Waals surface area contributed by atoms with E-state index in [0.29, 0.717) is 18.8 Å². The Morgan fingerprint density at radius 2 is 2.03 bits per heavy atom. The van der Waals surface area contributed by atoms with Crippen LogP contribution in [-0.4, -0.2) is 42.5 Å². The van der Waals surface area contributed by atoms with Crippen LogP contribution < -0.4 is 5.73 Å². The highest BCUT2D eigenvalue weighted by molar-refractivity contribution is 5.78. The molecule has 1 spiro atoms. The second-order valence-electron chi connectivity index (χ2n) is 9.35. The first-order valence-corrected chi connectivity index (χ1v) is 11.0. The predicted octanol–water partition coefficient (Wildman–Crippen LogP) is 3.58. The molecule has 7 heteroatoms. The van der Waals surface area contributed by atoms with Gasteiger partial charge in [-0.25, -0.2) is 4.99 Å². The Balaban J connectivity index is 1.71. The summed E-state index contributed by atoms with van der Waals surface area (Å²) in [6, 6.07) is 6.31. The van der Waals surface area contributed by atoms with Crippen LogP contribution in [-0.2, 0) is 16.7 Å². The van der Waals surface area contributed by atoms with Gasteiger partial charge >= 0.3 is 6.61 Å². The molecule has 0 radical (unpaired) electrons. The van der Waals surface area contributed by atoms with Crippen molar-refractivity contribution in [1.29, 1.82) is 0 Å². The van der Waals surface area contributed by atoms with Crippen molar-refractivity contribution in [3.63, 3.8) is 0 Å². The van der Waals surface area contributed by atoms with Crippen molar-refractivity contribution in [2.24, 2.45) is 22.1 Å². The summed E-state index contributed by atoms with van der Waals surface area (Å²) in [5.41, 5.74) is 8.64. The van der Waals surface area contributed by atoms with Crippen LogP contribution in [0.15, 0.2) is 23.2 Å². The Kier molecular flexibility index (Phi) is 5.97. The van der Waals surface area contributed by atoms with Crippen molar-refractivity contribution in [1.82, 2.24) is 4.90 Å². The Labute approximate surface area is 182 Å². The van der Waals surface area contributed by atoms with Gasteiger partial charge in [0.1, 0.15) is 6.73 Å². The molecule has 1 atom stereocenters. The van der Waals surface area contributed by atoms with E-state index in [1.165, 1.54) is 23.3 Å². The molecule has 31 heavy (non-hydrogen) atoms. The maximum Gasteiger partial charge on any atom is 0.345 e. The molecule has 168 valence electrons. The highest BCUT2D eigenvalue weighted by Crippen LogP contribution is 2.60. The third-order valence-electron chi connectivity index (χ3n) is 7.32. The summed E-state index contributed by atoms with van der Waals surface area (Å²) in [5, 5.41) is 9.51. The van der Waals surface area contributed by atoms with E-state index in [-0.39, 0.29) is 18.1 Å². The fourth-order valence-corrected chi connectivity index (χ4v) is 5.15. The molecule has 0 aliphatic heterocycles. The Bertz CT molecular complexity index is 911. The van der Waals surface area contributed by atoms with Crippen LogP contribution in [0.1, 0.15) is 62.1 Å². The maximum atomic E-state index is 12.7. The number of halogens is 2. The zero-order valence-electron chi connectivity index (χ0n) is 18.2. The van der Waals surface area contributed by atoms with E-state index in [2.05, 4.69) is 37.0 Å². The monoisotopic (exact) mass is 431 g/mol. The lowest BCUT2D eigenvalue weighted by Crippen LogP contribution is -2.46. The second kappa shape index (κ2) is 8.40. The molecule has 0 heterocycles. The van der Waals surface area contributed by atoms with Gasteiger partial charge in [-0.1, -0.05) is 17.9 Å². The summed E-state index contributed by atoms with van der Waals surface area (Å²) in [6.45, 7) is -0.892. The number of aliphatic imine (C=N–C) groups is 1. The third kappa shape index (κ3) is 4.28. The van der Waals surface area contributed by atoms with Crippen molar-refractivity contribution in [3.8, 4) is 11.8 Å². The lowest BCUT2D eigenvalue weighted by molar-refractivity contribution is -0.177. The number of alkyl halides is 2. The molecule has 1 unspecified atom stereocenters. The highest BCUT2D eigenvalue weighted by Gasteiger charge is 2.56. The SMILES string of the molecule is CN(CO)/C(N)=N\C1(C)c2cc(C#CC3CC3)ccc2C[C@]12CC[C@@H](OC(F)F)CC2. The van der Waals surface area contributed by atoms with Gasteiger partial charge in [0.2, 0.25) is 0 Å². The molecule has 2 saturated carbocycles. The Morgan fingerprint density at radius 1 is 1.32 bits per heavy atom. The fraction of sp³-hybridized carbons (Fsp3) is 0.625. The summed E-state index contributed by atoms with van der Waals surface area (Å²) in [6.07, 6.45) is 5.30. The summed E-state index contributed by atoms with van der Waals surface area (Å²) >= 11 is 0. The van der Waals surface area contributed by atoms with Crippen LogP contribution in [0.5, 0.6) is 0 Å². The van der Waals surface area contributed by atoms with Crippen LogP contribution in [0.25, 0.3) is 0 Å². The van der Waals surface area contributed by atoms with Crippen molar-refractivity contribution in [2.45, 2.75) is 70.1 Å². The number of hydrogen-bond donors (Lipinski definition) is 2. The lowest BCUT2D eigenvalue weighted by atomic mass is 9.62. The molecule has 5 nitrogen and oxygen atoms in total. The standard InChI is InChI=1S/C24H31F2N3O2/c1-23(28-22(27)29(2)15-30)20-13-17(6-5-16-3-4-16)7-8-18(20)14-24(23)11-9-19(10-12-24)31-21(25)26/h7-8,13,16,19,21,30H,3-4,9-12,14-15H2,1-2H3,(H2,27,28)/t19-,23?,24-. The molecule has 0 bridgehead atoms. The molecule has 2 fully saturated rings. The van der Waals surface area contributed by atoms with Crippen LogP contribution in [0.4, 0.5) is 8.78 Å². The summed E-state index contributed by atoms with van der Waals surface area (Å²) < 4.78 is 30.3. The third-order valence-corrected chi connectivity index (χ3v) is 7.32. The molecule has 0 saturated heterocycles. The molecule has 3 N–H and O–H groups in total. The molecule has 3 aliphatic rings. The largest absolute Gasteiger partial charge is 0.376 e. The van der Waals surface area contributed by atoms with Gasteiger partial charge < -0.3 is 20.5 Å². The van der Waals surface area contributed by atoms with Gasteiger partial charge in [0.05, 0.1) is 11.6 Å². The highest BCUT2D eigenvalue weighted by atomic mass is 19.3. The van der Waals surface area contributed by atoms with E-state index >= 15 is 0 Å². The Hall–Kier alpha value is -2.17. The molecule has 1 aromatic rings. The minimum Gasteiger partial charge on any atom is -0.376 e. The normalized spacial score (nSPS) is 30.3. The van der Waals surface area contributed by atoms with Gasteiger partial charge in [-0.3, -0.25) is 0 Å². The minimum absolute atomic E-state index is 0.234. The fourth-order valence-electron chi connectivity index (χ4n) is 5.15. The molecule has 4 rings (SSSR count). The quantitative estimate of drug-likeness (QED) is 0.331. The molecule has 3 aliphatic carbocycles. The molecule has 0 aromatic heterocycles. The number of nitrogens with zero attached hydrogens (tertiary/aromatic N) is 2. The van der Waals surface area contributed by atoms with Crippen molar-refractivity contribution >= 4 is 5.96 Å². The average molecular weight is 432 g/mol. The van der Waals surface area contributed by atoms with E-state index in [0.717, 1.165) is 30.4 Å².